The van der Waals surface area contributed by atoms with Crippen LogP contribution in [0.2, 0.25) is 0 Å². The Kier molecular flexibility index (Phi) is 4.19. The highest BCUT2D eigenvalue weighted by Gasteiger charge is 2.25. The number of hydrogen-bond donors (Lipinski definition) is 2. The highest BCUT2D eigenvalue weighted by atomic mass is 16.5. The SMILES string of the molecule is Cc1nc(CNC(=O)C(C)C(C)C(=O)O)no1. The minimum atomic E-state index is -0.997. The first-order valence-corrected chi connectivity index (χ1v) is 5.21. The lowest BCUT2D eigenvalue weighted by atomic mass is 9.95. The molecule has 2 unspecified atom stereocenters. The Morgan fingerprint density at radius 3 is 2.53 bits per heavy atom. The van der Waals surface area contributed by atoms with E-state index in [9.17, 15) is 9.59 Å². The molecule has 0 radical (unpaired) electrons. The van der Waals surface area contributed by atoms with Gasteiger partial charge in [-0.2, -0.15) is 4.98 Å². The van der Waals surface area contributed by atoms with Crippen LogP contribution in [0.5, 0.6) is 0 Å². The summed E-state index contributed by atoms with van der Waals surface area (Å²) in [5.74, 6) is -1.90. The van der Waals surface area contributed by atoms with Crippen molar-refractivity contribution in [1.82, 2.24) is 15.5 Å². The molecule has 0 aliphatic heterocycles. The number of carboxylic acid groups (broad SMARTS) is 1. The van der Waals surface area contributed by atoms with Crippen molar-refractivity contribution in [3.63, 3.8) is 0 Å². The first-order chi connectivity index (χ1) is 7.91. The van der Waals surface area contributed by atoms with Crippen molar-refractivity contribution in [3.05, 3.63) is 11.7 Å². The van der Waals surface area contributed by atoms with Gasteiger partial charge in [-0.15, -0.1) is 0 Å². The number of carbonyl (C=O) groups is 2. The third kappa shape index (κ3) is 3.54. The normalized spacial score (nSPS) is 14.1. The maximum Gasteiger partial charge on any atom is 0.307 e. The van der Waals surface area contributed by atoms with Crippen molar-refractivity contribution in [3.8, 4) is 0 Å². The molecule has 1 aromatic heterocycles. The fourth-order valence-corrected chi connectivity index (χ4v) is 1.18. The van der Waals surface area contributed by atoms with E-state index in [1.165, 1.54) is 6.92 Å². The predicted octanol–water partition coefficient (Wildman–Crippen LogP) is 0.351. The van der Waals surface area contributed by atoms with Gasteiger partial charge in [0.1, 0.15) is 0 Å². The van der Waals surface area contributed by atoms with Crippen LogP contribution < -0.4 is 5.32 Å². The zero-order valence-corrected chi connectivity index (χ0v) is 9.93. The molecule has 0 bridgehead atoms. The van der Waals surface area contributed by atoms with Gasteiger partial charge in [0.05, 0.1) is 12.5 Å². The van der Waals surface area contributed by atoms with Crippen molar-refractivity contribution in [2.45, 2.75) is 27.3 Å². The molecule has 1 rings (SSSR count). The summed E-state index contributed by atoms with van der Waals surface area (Å²) in [5, 5.41) is 14.9. The molecule has 7 heteroatoms. The summed E-state index contributed by atoms with van der Waals surface area (Å²) in [5.41, 5.74) is 0. The second-order valence-corrected chi connectivity index (χ2v) is 3.86. The van der Waals surface area contributed by atoms with E-state index in [4.69, 9.17) is 9.63 Å². The molecular formula is C10H15N3O4. The van der Waals surface area contributed by atoms with E-state index >= 15 is 0 Å². The maximum absolute atomic E-state index is 11.6. The lowest BCUT2D eigenvalue weighted by molar-refractivity contribution is -0.146. The zero-order valence-electron chi connectivity index (χ0n) is 9.93. The molecule has 0 spiro atoms. The van der Waals surface area contributed by atoms with Crippen molar-refractivity contribution < 1.29 is 19.2 Å². The minimum absolute atomic E-state index is 0.132. The quantitative estimate of drug-likeness (QED) is 0.770. The summed E-state index contributed by atoms with van der Waals surface area (Å²) >= 11 is 0. The molecule has 0 aromatic carbocycles. The van der Waals surface area contributed by atoms with E-state index in [1.807, 2.05) is 0 Å². The number of aliphatic carboxylic acids is 1. The molecule has 0 saturated carbocycles. The van der Waals surface area contributed by atoms with Gasteiger partial charge in [0.2, 0.25) is 11.8 Å². The highest BCUT2D eigenvalue weighted by Crippen LogP contribution is 2.11. The third-order valence-corrected chi connectivity index (χ3v) is 2.54. The molecular weight excluding hydrogens is 226 g/mol. The number of carboxylic acids is 1. The van der Waals surface area contributed by atoms with E-state index < -0.39 is 17.8 Å². The monoisotopic (exact) mass is 241 g/mol. The van der Waals surface area contributed by atoms with Gasteiger partial charge in [-0.1, -0.05) is 19.0 Å². The standard InChI is InChI=1S/C10H15N3O4/c1-5(6(2)10(15)16)9(14)11-4-8-12-7(3)17-13-8/h5-6H,4H2,1-3H3,(H,11,14)(H,15,16). The molecule has 17 heavy (non-hydrogen) atoms. The smallest absolute Gasteiger partial charge is 0.307 e. The third-order valence-electron chi connectivity index (χ3n) is 2.54. The lowest BCUT2D eigenvalue weighted by Gasteiger charge is -2.14. The fourth-order valence-electron chi connectivity index (χ4n) is 1.18. The van der Waals surface area contributed by atoms with Gasteiger partial charge in [-0.25, -0.2) is 0 Å². The number of carbonyl (C=O) groups excluding carboxylic acids is 1. The van der Waals surface area contributed by atoms with Crippen molar-refractivity contribution in [2.75, 3.05) is 0 Å². The number of hydrogen-bond acceptors (Lipinski definition) is 5. The molecule has 1 aromatic rings. The summed E-state index contributed by atoms with van der Waals surface area (Å²) in [6.45, 7) is 4.83. The number of rotatable bonds is 5. The summed E-state index contributed by atoms with van der Waals surface area (Å²) in [6.07, 6.45) is 0. The number of aryl methyl sites for hydroxylation is 1. The Labute approximate surface area is 98.2 Å². The Balaban J connectivity index is 2.47. The van der Waals surface area contributed by atoms with Crippen LogP contribution in [0.4, 0.5) is 0 Å². The van der Waals surface area contributed by atoms with Crippen molar-refractivity contribution in [2.24, 2.45) is 11.8 Å². The second-order valence-electron chi connectivity index (χ2n) is 3.86. The second kappa shape index (κ2) is 5.42. The van der Waals surface area contributed by atoms with Crippen LogP contribution in [0.3, 0.4) is 0 Å². The fraction of sp³-hybridized carbons (Fsp3) is 0.600. The molecule has 2 N–H and O–H groups in total. The Morgan fingerprint density at radius 1 is 1.41 bits per heavy atom. The molecule has 2 atom stereocenters. The minimum Gasteiger partial charge on any atom is -0.481 e. The first kappa shape index (κ1) is 13.1. The predicted molar refractivity (Wildman–Crippen MR) is 56.8 cm³/mol. The van der Waals surface area contributed by atoms with E-state index in [2.05, 4.69) is 15.5 Å². The lowest BCUT2D eigenvalue weighted by Crippen LogP contribution is -2.35. The topological polar surface area (TPSA) is 105 Å². The molecule has 1 heterocycles. The van der Waals surface area contributed by atoms with Gasteiger partial charge in [0, 0.05) is 12.8 Å². The van der Waals surface area contributed by atoms with E-state index in [1.54, 1.807) is 13.8 Å². The Bertz CT molecular complexity index is 415. The van der Waals surface area contributed by atoms with Gasteiger partial charge in [0.15, 0.2) is 5.82 Å². The van der Waals surface area contributed by atoms with Crippen LogP contribution >= 0.6 is 0 Å². The van der Waals surface area contributed by atoms with Crippen LogP contribution in [0.1, 0.15) is 25.6 Å². The highest BCUT2D eigenvalue weighted by molar-refractivity contribution is 5.84. The number of amides is 1. The van der Waals surface area contributed by atoms with Crippen molar-refractivity contribution >= 4 is 11.9 Å². The van der Waals surface area contributed by atoms with Gasteiger partial charge in [0.25, 0.3) is 0 Å². The van der Waals surface area contributed by atoms with Gasteiger partial charge in [-0.05, 0) is 0 Å². The Morgan fingerprint density at radius 2 is 2.06 bits per heavy atom. The van der Waals surface area contributed by atoms with Gasteiger partial charge >= 0.3 is 5.97 Å². The van der Waals surface area contributed by atoms with Gasteiger partial charge in [-0.3, -0.25) is 9.59 Å². The number of nitrogens with zero attached hydrogens (tertiary/aromatic N) is 2. The molecule has 0 aliphatic carbocycles. The summed E-state index contributed by atoms with van der Waals surface area (Å²) in [4.78, 5) is 26.2. The van der Waals surface area contributed by atoms with Crippen LogP contribution in [0, 0.1) is 18.8 Å². The molecule has 94 valence electrons. The summed E-state index contributed by atoms with van der Waals surface area (Å²) in [7, 11) is 0. The molecule has 1 amide bonds. The summed E-state index contributed by atoms with van der Waals surface area (Å²) in [6, 6.07) is 0. The van der Waals surface area contributed by atoms with E-state index in [0.717, 1.165) is 0 Å². The zero-order chi connectivity index (χ0) is 13.0. The Hall–Kier alpha value is -1.92. The first-order valence-electron chi connectivity index (χ1n) is 5.21. The average molecular weight is 241 g/mol. The van der Waals surface area contributed by atoms with Crippen LogP contribution in [-0.2, 0) is 16.1 Å². The van der Waals surface area contributed by atoms with E-state index in [-0.39, 0.29) is 12.5 Å². The maximum atomic E-state index is 11.6. The van der Waals surface area contributed by atoms with Crippen LogP contribution in [-0.4, -0.2) is 27.1 Å². The largest absolute Gasteiger partial charge is 0.481 e. The summed E-state index contributed by atoms with van der Waals surface area (Å²) < 4.78 is 4.74. The molecule has 0 saturated heterocycles. The molecule has 0 aliphatic rings. The molecule has 0 fully saturated rings. The number of nitrogens with one attached hydrogen (secondary N) is 1. The van der Waals surface area contributed by atoms with Crippen LogP contribution in [0.15, 0.2) is 4.52 Å². The van der Waals surface area contributed by atoms with Gasteiger partial charge < -0.3 is 14.9 Å². The van der Waals surface area contributed by atoms with Crippen LogP contribution in [0.25, 0.3) is 0 Å². The average Bonchev–Trinajstić information content (AvgIpc) is 2.69. The number of aromatic nitrogens is 2. The molecule has 7 nitrogen and oxygen atoms in total. The van der Waals surface area contributed by atoms with E-state index in [0.29, 0.717) is 11.7 Å². The van der Waals surface area contributed by atoms with Crippen molar-refractivity contribution in [1.29, 1.82) is 0 Å².